The van der Waals surface area contributed by atoms with Crippen molar-refractivity contribution in [3.63, 3.8) is 0 Å². The van der Waals surface area contributed by atoms with Crippen LogP contribution in [-0.2, 0) is 13.2 Å². The highest BCUT2D eigenvalue weighted by molar-refractivity contribution is 5.45. The maximum atomic E-state index is 13.1. The molecular weight excluding hydrogens is 292 g/mol. The SMILES string of the molecule is C[C@@H]1Cn2c(cc(OCc3ccc(F)c(F)c3)nc2=O)N1C. The van der Waals surface area contributed by atoms with Crippen LogP contribution in [0.15, 0.2) is 29.1 Å². The van der Waals surface area contributed by atoms with Gasteiger partial charge in [-0.3, -0.25) is 4.57 Å². The van der Waals surface area contributed by atoms with Crippen molar-refractivity contribution >= 4 is 5.82 Å². The second kappa shape index (κ2) is 5.40. The summed E-state index contributed by atoms with van der Waals surface area (Å²) < 4.78 is 33.0. The van der Waals surface area contributed by atoms with Crippen molar-refractivity contribution in [3.8, 4) is 5.88 Å². The summed E-state index contributed by atoms with van der Waals surface area (Å²) in [4.78, 5) is 17.8. The van der Waals surface area contributed by atoms with E-state index in [-0.39, 0.29) is 24.2 Å². The van der Waals surface area contributed by atoms with Crippen molar-refractivity contribution in [1.82, 2.24) is 9.55 Å². The summed E-state index contributed by atoms with van der Waals surface area (Å²) in [5, 5.41) is 0. The van der Waals surface area contributed by atoms with E-state index in [0.29, 0.717) is 12.1 Å². The maximum absolute atomic E-state index is 13.1. The summed E-state index contributed by atoms with van der Waals surface area (Å²) in [7, 11) is 1.89. The number of rotatable bonds is 3. The van der Waals surface area contributed by atoms with E-state index in [0.717, 1.165) is 18.0 Å². The number of halogens is 2. The molecule has 0 saturated heterocycles. The summed E-state index contributed by atoms with van der Waals surface area (Å²) >= 11 is 0. The number of ether oxygens (including phenoxy) is 1. The highest BCUT2D eigenvalue weighted by atomic mass is 19.2. The van der Waals surface area contributed by atoms with E-state index in [4.69, 9.17) is 4.74 Å². The van der Waals surface area contributed by atoms with Gasteiger partial charge >= 0.3 is 5.69 Å². The molecule has 1 aromatic carbocycles. The molecule has 7 heteroatoms. The number of nitrogens with zero attached hydrogens (tertiary/aromatic N) is 3. The molecule has 1 atom stereocenters. The molecule has 22 heavy (non-hydrogen) atoms. The fourth-order valence-corrected chi connectivity index (χ4v) is 2.41. The van der Waals surface area contributed by atoms with Crippen molar-refractivity contribution in [1.29, 1.82) is 0 Å². The number of benzene rings is 1. The van der Waals surface area contributed by atoms with E-state index in [1.54, 1.807) is 10.6 Å². The van der Waals surface area contributed by atoms with Crippen LogP contribution in [0.3, 0.4) is 0 Å². The highest BCUT2D eigenvalue weighted by Gasteiger charge is 2.25. The first-order valence-electron chi connectivity index (χ1n) is 6.87. The average molecular weight is 307 g/mol. The fourth-order valence-electron chi connectivity index (χ4n) is 2.41. The third kappa shape index (κ3) is 2.54. The molecule has 0 fully saturated rings. The Morgan fingerprint density at radius 1 is 1.32 bits per heavy atom. The number of aromatic nitrogens is 2. The molecule has 0 saturated carbocycles. The Kier molecular flexibility index (Phi) is 3.56. The van der Waals surface area contributed by atoms with Gasteiger partial charge in [-0.05, 0) is 24.6 Å². The first-order valence-corrected chi connectivity index (χ1v) is 6.87. The molecule has 1 aromatic heterocycles. The normalized spacial score (nSPS) is 16.7. The minimum Gasteiger partial charge on any atom is -0.473 e. The Labute approximate surface area is 125 Å². The predicted octanol–water partition coefficient (Wildman–Crippen LogP) is 1.94. The number of hydrogen-bond donors (Lipinski definition) is 0. The van der Waals surface area contributed by atoms with Crippen LogP contribution in [0, 0.1) is 11.6 Å². The molecule has 0 bridgehead atoms. The van der Waals surface area contributed by atoms with E-state index < -0.39 is 11.6 Å². The molecule has 0 amide bonds. The molecular formula is C15H15F2N3O2. The number of anilines is 1. The smallest absolute Gasteiger partial charge is 0.352 e. The van der Waals surface area contributed by atoms with E-state index in [1.165, 1.54) is 6.07 Å². The number of fused-ring (bicyclic) bond motifs is 1. The summed E-state index contributed by atoms with van der Waals surface area (Å²) in [5.74, 6) is -0.945. The summed E-state index contributed by atoms with van der Waals surface area (Å²) in [5.41, 5.74) is 0.0806. The van der Waals surface area contributed by atoms with Crippen molar-refractivity contribution < 1.29 is 13.5 Å². The van der Waals surface area contributed by atoms with E-state index in [9.17, 15) is 13.6 Å². The molecule has 0 spiro atoms. The minimum absolute atomic E-state index is 0.00631. The van der Waals surface area contributed by atoms with Crippen LogP contribution in [0.1, 0.15) is 12.5 Å². The standard InChI is InChI=1S/C15H15F2N3O2/c1-9-7-20-14(19(9)2)6-13(18-15(20)21)22-8-10-3-4-11(16)12(17)5-10/h3-6,9H,7-8H2,1-2H3/t9-/m1/s1. The molecule has 0 N–H and O–H groups in total. The fraction of sp³-hybridized carbons (Fsp3) is 0.333. The van der Waals surface area contributed by atoms with Gasteiger partial charge in [0.1, 0.15) is 12.4 Å². The van der Waals surface area contributed by atoms with Gasteiger partial charge in [-0.1, -0.05) is 6.07 Å². The molecule has 5 nitrogen and oxygen atoms in total. The highest BCUT2D eigenvalue weighted by Crippen LogP contribution is 2.24. The van der Waals surface area contributed by atoms with Crippen LogP contribution >= 0.6 is 0 Å². The van der Waals surface area contributed by atoms with Gasteiger partial charge < -0.3 is 9.64 Å². The summed E-state index contributed by atoms with van der Waals surface area (Å²) in [6.07, 6.45) is 0. The second-order valence-corrected chi connectivity index (χ2v) is 5.34. The molecule has 116 valence electrons. The van der Waals surface area contributed by atoms with Gasteiger partial charge in [-0.15, -0.1) is 0 Å². The van der Waals surface area contributed by atoms with Crippen LogP contribution in [-0.4, -0.2) is 22.6 Å². The van der Waals surface area contributed by atoms with Crippen molar-refractivity contribution in [3.05, 3.63) is 51.9 Å². The molecule has 3 rings (SSSR count). The monoisotopic (exact) mass is 307 g/mol. The predicted molar refractivity (Wildman–Crippen MR) is 77.1 cm³/mol. The maximum Gasteiger partial charge on any atom is 0.352 e. The van der Waals surface area contributed by atoms with E-state index in [1.807, 2.05) is 18.9 Å². The van der Waals surface area contributed by atoms with Crippen molar-refractivity contribution in [2.45, 2.75) is 26.1 Å². The summed E-state index contributed by atoms with van der Waals surface area (Å²) in [6.45, 7) is 2.60. The lowest BCUT2D eigenvalue weighted by atomic mass is 10.2. The molecule has 0 radical (unpaired) electrons. The Balaban J connectivity index is 1.81. The topological polar surface area (TPSA) is 47.4 Å². The van der Waals surface area contributed by atoms with Gasteiger partial charge in [-0.25, -0.2) is 13.6 Å². The van der Waals surface area contributed by atoms with Gasteiger partial charge in [-0.2, -0.15) is 4.98 Å². The van der Waals surface area contributed by atoms with Crippen LogP contribution < -0.4 is 15.3 Å². The lowest BCUT2D eigenvalue weighted by molar-refractivity contribution is 0.290. The molecule has 0 unspecified atom stereocenters. The van der Waals surface area contributed by atoms with Crippen LogP contribution in [0.25, 0.3) is 0 Å². The average Bonchev–Trinajstić information content (AvgIpc) is 2.77. The van der Waals surface area contributed by atoms with Crippen LogP contribution in [0.5, 0.6) is 5.88 Å². The second-order valence-electron chi connectivity index (χ2n) is 5.34. The van der Waals surface area contributed by atoms with Crippen LogP contribution in [0.2, 0.25) is 0 Å². The molecule has 0 aliphatic carbocycles. The molecule has 1 aliphatic rings. The van der Waals surface area contributed by atoms with Gasteiger partial charge in [0.15, 0.2) is 11.6 Å². The zero-order valence-corrected chi connectivity index (χ0v) is 12.2. The Bertz CT molecular complexity index is 776. The number of hydrogen-bond acceptors (Lipinski definition) is 4. The Morgan fingerprint density at radius 3 is 2.82 bits per heavy atom. The number of likely N-dealkylation sites (N-methyl/N-ethyl adjacent to an activating group) is 1. The Morgan fingerprint density at radius 2 is 2.09 bits per heavy atom. The van der Waals surface area contributed by atoms with Gasteiger partial charge in [0, 0.05) is 25.7 Å². The minimum atomic E-state index is -0.934. The Hall–Kier alpha value is -2.44. The largest absolute Gasteiger partial charge is 0.473 e. The van der Waals surface area contributed by atoms with Crippen molar-refractivity contribution in [2.75, 3.05) is 11.9 Å². The van der Waals surface area contributed by atoms with Gasteiger partial charge in [0.25, 0.3) is 0 Å². The van der Waals surface area contributed by atoms with Crippen LogP contribution in [0.4, 0.5) is 14.6 Å². The molecule has 2 heterocycles. The summed E-state index contributed by atoms with van der Waals surface area (Å²) in [6, 6.07) is 5.39. The zero-order valence-electron chi connectivity index (χ0n) is 12.2. The lowest BCUT2D eigenvalue weighted by Crippen LogP contribution is -2.23. The van der Waals surface area contributed by atoms with E-state index in [2.05, 4.69) is 4.98 Å². The van der Waals surface area contributed by atoms with Crippen molar-refractivity contribution in [2.24, 2.45) is 0 Å². The third-order valence-corrected chi connectivity index (χ3v) is 3.81. The first-order chi connectivity index (χ1) is 10.5. The first kappa shape index (κ1) is 14.5. The zero-order chi connectivity index (χ0) is 15.9. The van der Waals surface area contributed by atoms with E-state index >= 15 is 0 Å². The van der Waals surface area contributed by atoms with Gasteiger partial charge in [0.2, 0.25) is 5.88 Å². The molecule has 1 aliphatic heterocycles. The lowest BCUT2D eigenvalue weighted by Gasteiger charge is -2.16. The van der Waals surface area contributed by atoms with Gasteiger partial charge in [0.05, 0.1) is 0 Å². The third-order valence-electron chi connectivity index (χ3n) is 3.81. The molecule has 2 aromatic rings. The quantitative estimate of drug-likeness (QED) is 0.869.